The number of carbonyl (C=O) groups excluding carboxylic acids is 1. The summed E-state index contributed by atoms with van der Waals surface area (Å²) in [6.45, 7) is 1.69. The molecule has 0 aliphatic heterocycles. The van der Waals surface area contributed by atoms with Crippen molar-refractivity contribution >= 4 is 5.97 Å². The summed E-state index contributed by atoms with van der Waals surface area (Å²) in [5, 5.41) is 0. The van der Waals surface area contributed by atoms with Crippen molar-refractivity contribution in [3.63, 3.8) is 0 Å². The number of benzene rings is 1. The Bertz CT molecular complexity index is 481. The van der Waals surface area contributed by atoms with Gasteiger partial charge in [-0.25, -0.2) is 4.79 Å². The van der Waals surface area contributed by atoms with Crippen LogP contribution in [0.15, 0.2) is 23.9 Å². The molecule has 2 N–H and O–H groups in total. The van der Waals surface area contributed by atoms with Crippen LogP contribution in [0.3, 0.4) is 0 Å². The number of hydrogen-bond donors (Lipinski definition) is 1. The fraction of sp³-hybridized carbons (Fsp3) is 0.357. The minimum atomic E-state index is -0.501. The van der Waals surface area contributed by atoms with Gasteiger partial charge in [0.05, 0.1) is 21.3 Å². The summed E-state index contributed by atoms with van der Waals surface area (Å²) in [4.78, 5) is 11.4. The number of hydrogen-bond acceptors (Lipinski definition) is 6. The maximum Gasteiger partial charge on any atom is 0.332 e. The number of nitrogens with two attached hydrogens (primary N) is 1. The molecule has 0 radical (unpaired) electrons. The zero-order chi connectivity index (χ0) is 15.1. The molecule has 0 fully saturated rings. The summed E-state index contributed by atoms with van der Waals surface area (Å²) in [5.74, 6) is 0.994. The average molecular weight is 281 g/mol. The van der Waals surface area contributed by atoms with E-state index in [4.69, 9.17) is 24.7 Å². The maximum absolute atomic E-state index is 11.4. The number of ether oxygens (including phenoxy) is 4. The molecule has 0 unspecified atom stereocenters. The molecule has 1 aromatic rings. The third-order valence-electron chi connectivity index (χ3n) is 2.45. The van der Waals surface area contributed by atoms with Crippen molar-refractivity contribution in [3.05, 3.63) is 29.5 Å². The van der Waals surface area contributed by atoms with E-state index in [1.54, 1.807) is 19.1 Å². The first-order chi connectivity index (χ1) is 9.51. The molecule has 0 aliphatic carbocycles. The molecule has 0 saturated heterocycles. The van der Waals surface area contributed by atoms with Gasteiger partial charge in [-0.2, -0.15) is 0 Å². The third kappa shape index (κ3) is 4.08. The van der Waals surface area contributed by atoms with Gasteiger partial charge in [0.2, 0.25) is 5.75 Å². The van der Waals surface area contributed by atoms with E-state index in [0.29, 0.717) is 22.9 Å². The van der Waals surface area contributed by atoms with Crippen LogP contribution in [0.1, 0.15) is 12.5 Å². The quantitative estimate of drug-likeness (QED) is 0.630. The summed E-state index contributed by atoms with van der Waals surface area (Å²) >= 11 is 0. The molecular formula is C14H19NO5. The molecule has 0 saturated carbocycles. The van der Waals surface area contributed by atoms with E-state index in [1.165, 1.54) is 27.4 Å². The van der Waals surface area contributed by atoms with Gasteiger partial charge >= 0.3 is 5.97 Å². The first-order valence-corrected chi connectivity index (χ1v) is 5.91. The van der Waals surface area contributed by atoms with Crippen LogP contribution < -0.4 is 19.9 Å². The lowest BCUT2D eigenvalue weighted by Gasteiger charge is -2.14. The molecule has 0 atom stereocenters. The van der Waals surface area contributed by atoms with E-state index in [1.807, 2.05) is 0 Å². The van der Waals surface area contributed by atoms with Crippen LogP contribution in [-0.2, 0) is 16.1 Å². The Morgan fingerprint density at radius 1 is 1.15 bits per heavy atom. The molecule has 0 aromatic heterocycles. The Morgan fingerprint density at radius 2 is 1.70 bits per heavy atom. The van der Waals surface area contributed by atoms with Gasteiger partial charge < -0.3 is 24.7 Å². The highest BCUT2D eigenvalue weighted by atomic mass is 16.5. The van der Waals surface area contributed by atoms with Crippen LogP contribution in [0, 0.1) is 0 Å². The minimum absolute atomic E-state index is 0.0827. The van der Waals surface area contributed by atoms with Crippen molar-refractivity contribution in [2.75, 3.05) is 21.3 Å². The van der Waals surface area contributed by atoms with Crippen molar-refractivity contribution in [2.24, 2.45) is 5.73 Å². The Morgan fingerprint density at radius 3 is 2.10 bits per heavy atom. The molecule has 0 spiro atoms. The van der Waals surface area contributed by atoms with E-state index >= 15 is 0 Å². The standard InChI is InChI=1S/C14H19NO5/c1-9(15)5-13(16)20-8-10-6-11(17-2)14(19-4)12(7-10)18-3/h5-7H,8,15H2,1-4H3/b9-5-. The monoisotopic (exact) mass is 281 g/mol. The van der Waals surface area contributed by atoms with Gasteiger partial charge in [0.25, 0.3) is 0 Å². The zero-order valence-electron chi connectivity index (χ0n) is 12.1. The summed E-state index contributed by atoms with van der Waals surface area (Å²) in [6.07, 6.45) is 1.22. The molecule has 6 heteroatoms. The van der Waals surface area contributed by atoms with E-state index in [9.17, 15) is 4.79 Å². The Kier molecular flexibility index (Phi) is 5.71. The van der Waals surface area contributed by atoms with E-state index in [2.05, 4.69) is 0 Å². The topological polar surface area (TPSA) is 80.0 Å². The molecule has 110 valence electrons. The molecule has 6 nitrogen and oxygen atoms in total. The van der Waals surface area contributed by atoms with Crippen LogP contribution in [-0.4, -0.2) is 27.3 Å². The van der Waals surface area contributed by atoms with Gasteiger partial charge in [0.1, 0.15) is 6.61 Å². The van der Waals surface area contributed by atoms with Crippen molar-refractivity contribution in [1.82, 2.24) is 0 Å². The van der Waals surface area contributed by atoms with Gasteiger partial charge in [-0.1, -0.05) is 0 Å². The smallest absolute Gasteiger partial charge is 0.332 e. The van der Waals surface area contributed by atoms with E-state index < -0.39 is 5.97 Å². The van der Waals surface area contributed by atoms with Gasteiger partial charge in [-0.3, -0.25) is 0 Å². The predicted molar refractivity (Wildman–Crippen MR) is 73.8 cm³/mol. The van der Waals surface area contributed by atoms with Crippen LogP contribution in [0.2, 0.25) is 0 Å². The van der Waals surface area contributed by atoms with Gasteiger partial charge in [-0.15, -0.1) is 0 Å². The number of esters is 1. The third-order valence-corrected chi connectivity index (χ3v) is 2.45. The lowest BCUT2D eigenvalue weighted by atomic mass is 10.2. The van der Waals surface area contributed by atoms with Gasteiger partial charge in [0.15, 0.2) is 11.5 Å². The summed E-state index contributed by atoms with van der Waals surface area (Å²) in [6, 6.07) is 3.43. The summed E-state index contributed by atoms with van der Waals surface area (Å²) < 4.78 is 20.7. The van der Waals surface area contributed by atoms with Gasteiger partial charge in [0, 0.05) is 11.8 Å². The molecular weight excluding hydrogens is 262 g/mol. The Balaban J connectivity index is 2.91. The molecule has 0 aliphatic rings. The molecule has 0 bridgehead atoms. The van der Waals surface area contributed by atoms with Crippen molar-refractivity contribution < 1.29 is 23.7 Å². The van der Waals surface area contributed by atoms with Crippen molar-refractivity contribution in [2.45, 2.75) is 13.5 Å². The Hall–Kier alpha value is -2.37. The largest absolute Gasteiger partial charge is 0.493 e. The Labute approximate surface area is 118 Å². The zero-order valence-corrected chi connectivity index (χ0v) is 12.1. The SMILES string of the molecule is COc1cc(COC(=O)/C=C(/C)N)cc(OC)c1OC. The lowest BCUT2D eigenvalue weighted by molar-refractivity contribution is -0.139. The maximum atomic E-state index is 11.4. The molecule has 0 heterocycles. The normalized spacial score (nSPS) is 10.9. The van der Waals surface area contributed by atoms with E-state index in [0.717, 1.165) is 5.56 Å². The molecule has 1 rings (SSSR count). The van der Waals surface area contributed by atoms with E-state index in [-0.39, 0.29) is 6.61 Å². The minimum Gasteiger partial charge on any atom is -0.493 e. The van der Waals surface area contributed by atoms with Crippen LogP contribution in [0.25, 0.3) is 0 Å². The second kappa shape index (κ2) is 7.28. The summed E-state index contributed by atoms with van der Waals surface area (Å²) in [5.41, 5.74) is 6.50. The van der Waals surface area contributed by atoms with Crippen LogP contribution in [0.5, 0.6) is 17.2 Å². The highest BCUT2D eigenvalue weighted by molar-refractivity contribution is 5.82. The first-order valence-electron chi connectivity index (χ1n) is 5.91. The summed E-state index contributed by atoms with van der Waals surface area (Å²) in [7, 11) is 4.57. The fourth-order valence-corrected chi connectivity index (χ4v) is 1.60. The van der Waals surface area contributed by atoms with Crippen LogP contribution in [0.4, 0.5) is 0 Å². The number of rotatable bonds is 6. The predicted octanol–water partition coefficient (Wildman–Crippen LogP) is 1.62. The highest BCUT2D eigenvalue weighted by Crippen LogP contribution is 2.38. The van der Waals surface area contributed by atoms with Gasteiger partial charge in [-0.05, 0) is 24.6 Å². The van der Waals surface area contributed by atoms with Crippen LogP contribution >= 0.6 is 0 Å². The second-order valence-electron chi connectivity index (χ2n) is 4.03. The average Bonchev–Trinajstić information content (AvgIpc) is 2.42. The number of carbonyl (C=O) groups is 1. The molecule has 1 aromatic carbocycles. The first kappa shape index (κ1) is 15.7. The second-order valence-corrected chi connectivity index (χ2v) is 4.03. The number of methoxy groups -OCH3 is 3. The lowest BCUT2D eigenvalue weighted by Crippen LogP contribution is -2.05. The van der Waals surface area contributed by atoms with Crippen molar-refractivity contribution in [1.29, 1.82) is 0 Å². The van der Waals surface area contributed by atoms with Crippen molar-refractivity contribution in [3.8, 4) is 17.2 Å². The number of allylic oxidation sites excluding steroid dienone is 1. The molecule has 20 heavy (non-hydrogen) atoms. The molecule has 0 amide bonds. The fourth-order valence-electron chi connectivity index (χ4n) is 1.60. The highest BCUT2D eigenvalue weighted by Gasteiger charge is 2.13.